The van der Waals surface area contributed by atoms with E-state index in [0.29, 0.717) is 34.0 Å². The maximum Gasteiger partial charge on any atom is 0.405 e. The van der Waals surface area contributed by atoms with Gasteiger partial charge in [-0.1, -0.05) is 5.16 Å². The molecule has 0 saturated heterocycles. The van der Waals surface area contributed by atoms with E-state index in [-0.39, 0.29) is 17.1 Å². The number of carbonyl (C=O) groups is 1. The number of nitrogens with one attached hydrogen (secondary N) is 1. The lowest BCUT2D eigenvalue weighted by atomic mass is 10.1. The highest BCUT2D eigenvalue weighted by Crippen LogP contribution is 2.34. The molecule has 0 bridgehead atoms. The SMILES string of the molecule is COc1cc(-n2cnc3cc(-c4nc(C)no4)ccc32)cc(OC)c1C(=O)NCC(F)(F)F. The van der Waals surface area contributed by atoms with E-state index in [1.807, 2.05) is 5.32 Å². The molecule has 4 rings (SSSR count). The molecular weight excluding hydrogens is 443 g/mol. The van der Waals surface area contributed by atoms with Crippen molar-refractivity contribution in [3.63, 3.8) is 0 Å². The predicted octanol–water partition coefficient (Wildman–Crippen LogP) is 3.69. The van der Waals surface area contributed by atoms with Crippen LogP contribution >= 0.6 is 0 Å². The number of halogens is 3. The van der Waals surface area contributed by atoms with Crippen molar-refractivity contribution in [2.45, 2.75) is 13.1 Å². The zero-order valence-electron chi connectivity index (χ0n) is 17.7. The first kappa shape index (κ1) is 22.1. The number of benzene rings is 2. The first-order chi connectivity index (χ1) is 15.7. The number of alkyl halides is 3. The topological polar surface area (TPSA) is 104 Å². The highest BCUT2D eigenvalue weighted by molar-refractivity contribution is 6.00. The van der Waals surface area contributed by atoms with Crippen LogP contribution in [0.25, 0.3) is 28.2 Å². The summed E-state index contributed by atoms with van der Waals surface area (Å²) in [5.41, 5.74) is 2.42. The lowest BCUT2D eigenvalue weighted by molar-refractivity contribution is -0.123. The van der Waals surface area contributed by atoms with Crippen molar-refractivity contribution in [1.29, 1.82) is 0 Å². The zero-order valence-corrected chi connectivity index (χ0v) is 17.7. The lowest BCUT2D eigenvalue weighted by Crippen LogP contribution is -2.34. The smallest absolute Gasteiger partial charge is 0.405 e. The summed E-state index contributed by atoms with van der Waals surface area (Å²) in [5.74, 6) is -0.00842. The van der Waals surface area contributed by atoms with Crippen molar-refractivity contribution in [1.82, 2.24) is 25.0 Å². The number of amides is 1. The minimum atomic E-state index is -4.55. The molecule has 2 heterocycles. The Hall–Kier alpha value is -4.09. The molecule has 0 aliphatic carbocycles. The number of methoxy groups -OCH3 is 2. The molecule has 12 heteroatoms. The van der Waals surface area contributed by atoms with E-state index in [2.05, 4.69) is 15.1 Å². The Morgan fingerprint density at radius 1 is 1.15 bits per heavy atom. The molecule has 2 aromatic heterocycles. The standard InChI is InChI=1S/C21H18F3N5O4/c1-11-27-20(33-28-11)12-4-5-15-14(6-12)26-10-29(15)13-7-16(31-2)18(17(8-13)32-3)19(30)25-9-21(22,23)24/h4-8,10H,9H2,1-3H3,(H,25,30). The van der Waals surface area contributed by atoms with Crippen molar-refractivity contribution in [2.75, 3.05) is 20.8 Å². The van der Waals surface area contributed by atoms with E-state index >= 15 is 0 Å². The van der Waals surface area contributed by atoms with E-state index in [0.717, 1.165) is 0 Å². The van der Waals surface area contributed by atoms with Crippen LogP contribution in [0.3, 0.4) is 0 Å². The average molecular weight is 461 g/mol. The lowest BCUT2D eigenvalue weighted by Gasteiger charge is -2.16. The van der Waals surface area contributed by atoms with Gasteiger partial charge in [0.2, 0.25) is 0 Å². The molecule has 4 aromatic rings. The van der Waals surface area contributed by atoms with Crippen LogP contribution in [-0.2, 0) is 0 Å². The van der Waals surface area contributed by atoms with E-state index in [1.54, 1.807) is 36.0 Å². The van der Waals surface area contributed by atoms with Crippen LogP contribution < -0.4 is 14.8 Å². The second kappa shape index (κ2) is 8.45. The average Bonchev–Trinajstić information content (AvgIpc) is 3.41. The van der Waals surface area contributed by atoms with Gasteiger partial charge in [-0.2, -0.15) is 18.2 Å². The molecule has 0 atom stereocenters. The molecule has 33 heavy (non-hydrogen) atoms. The number of aryl methyl sites for hydroxylation is 1. The number of rotatable bonds is 6. The first-order valence-electron chi connectivity index (χ1n) is 9.59. The molecule has 1 amide bonds. The second-order valence-corrected chi connectivity index (χ2v) is 6.99. The van der Waals surface area contributed by atoms with Crippen LogP contribution in [0.5, 0.6) is 11.5 Å². The van der Waals surface area contributed by atoms with Gasteiger partial charge in [-0.25, -0.2) is 4.98 Å². The number of nitrogens with zero attached hydrogens (tertiary/aromatic N) is 4. The quantitative estimate of drug-likeness (QED) is 0.467. The molecule has 0 unspecified atom stereocenters. The summed E-state index contributed by atoms with van der Waals surface area (Å²) in [6.07, 6.45) is -2.99. The van der Waals surface area contributed by atoms with Crippen LogP contribution in [0.15, 0.2) is 41.2 Å². The van der Waals surface area contributed by atoms with Gasteiger partial charge in [-0.05, 0) is 25.1 Å². The van der Waals surface area contributed by atoms with Crippen molar-refractivity contribution < 1.29 is 32.0 Å². The van der Waals surface area contributed by atoms with E-state index < -0.39 is 18.6 Å². The summed E-state index contributed by atoms with van der Waals surface area (Å²) in [4.78, 5) is 21.0. The van der Waals surface area contributed by atoms with Gasteiger partial charge in [0.25, 0.3) is 11.8 Å². The Morgan fingerprint density at radius 3 is 2.42 bits per heavy atom. The van der Waals surface area contributed by atoms with Crippen LogP contribution in [0.1, 0.15) is 16.2 Å². The summed E-state index contributed by atoms with van der Waals surface area (Å²) in [6.45, 7) is 0.238. The molecule has 0 aliphatic rings. The summed E-state index contributed by atoms with van der Waals surface area (Å²) < 4.78 is 55.1. The molecule has 0 radical (unpaired) electrons. The van der Waals surface area contributed by atoms with Crippen molar-refractivity contribution >= 4 is 16.9 Å². The van der Waals surface area contributed by atoms with Crippen LogP contribution in [0.4, 0.5) is 13.2 Å². The number of aromatic nitrogens is 4. The Balaban J connectivity index is 1.74. The first-order valence-corrected chi connectivity index (χ1v) is 9.59. The number of hydrogen-bond acceptors (Lipinski definition) is 7. The molecule has 0 aliphatic heterocycles. The Kier molecular flexibility index (Phi) is 5.66. The Bertz CT molecular complexity index is 1300. The third-order valence-electron chi connectivity index (χ3n) is 4.77. The van der Waals surface area contributed by atoms with Gasteiger partial charge in [0.15, 0.2) is 5.82 Å². The van der Waals surface area contributed by atoms with Crippen LogP contribution in [0.2, 0.25) is 0 Å². The van der Waals surface area contributed by atoms with Crippen molar-refractivity contribution in [2.24, 2.45) is 0 Å². The van der Waals surface area contributed by atoms with E-state index in [4.69, 9.17) is 14.0 Å². The van der Waals surface area contributed by atoms with Gasteiger partial charge in [0.05, 0.1) is 30.9 Å². The third kappa shape index (κ3) is 4.45. The van der Waals surface area contributed by atoms with Crippen LogP contribution in [0, 0.1) is 6.92 Å². The number of hydrogen-bond donors (Lipinski definition) is 1. The summed E-state index contributed by atoms with van der Waals surface area (Å²) in [7, 11) is 2.62. The number of imidazole rings is 1. The monoisotopic (exact) mass is 461 g/mol. The fraction of sp³-hybridized carbons (Fsp3) is 0.238. The maximum absolute atomic E-state index is 12.5. The molecule has 9 nitrogen and oxygen atoms in total. The molecule has 0 fully saturated rings. The maximum atomic E-state index is 12.5. The highest BCUT2D eigenvalue weighted by atomic mass is 19.4. The van der Waals surface area contributed by atoms with Crippen molar-refractivity contribution in [3.8, 4) is 28.6 Å². The third-order valence-corrected chi connectivity index (χ3v) is 4.77. The number of carbonyl (C=O) groups excluding carboxylic acids is 1. The van der Waals surface area contributed by atoms with Crippen LogP contribution in [-0.4, -0.2) is 52.5 Å². The zero-order chi connectivity index (χ0) is 23.8. The van der Waals surface area contributed by atoms with Gasteiger partial charge in [0, 0.05) is 17.7 Å². The number of fused-ring (bicyclic) bond motifs is 1. The summed E-state index contributed by atoms with van der Waals surface area (Å²) in [6, 6.07) is 8.41. The Labute approximate surface area is 185 Å². The molecular formula is C21H18F3N5O4. The summed E-state index contributed by atoms with van der Waals surface area (Å²) >= 11 is 0. The van der Waals surface area contributed by atoms with Gasteiger partial charge in [0.1, 0.15) is 29.9 Å². The van der Waals surface area contributed by atoms with Gasteiger partial charge < -0.3 is 19.3 Å². The minimum Gasteiger partial charge on any atom is -0.496 e. The van der Waals surface area contributed by atoms with Gasteiger partial charge in [-0.3, -0.25) is 9.36 Å². The molecule has 2 aromatic carbocycles. The van der Waals surface area contributed by atoms with Gasteiger partial charge >= 0.3 is 6.18 Å². The second-order valence-electron chi connectivity index (χ2n) is 6.99. The Morgan fingerprint density at radius 2 is 1.85 bits per heavy atom. The fourth-order valence-corrected chi connectivity index (χ4v) is 3.30. The molecule has 0 spiro atoms. The predicted molar refractivity (Wildman–Crippen MR) is 111 cm³/mol. The minimum absolute atomic E-state index is 0.0452. The van der Waals surface area contributed by atoms with Crippen molar-refractivity contribution in [3.05, 3.63) is 48.0 Å². The highest BCUT2D eigenvalue weighted by Gasteiger charge is 2.30. The molecule has 0 saturated carbocycles. The molecule has 172 valence electrons. The largest absolute Gasteiger partial charge is 0.496 e. The fourth-order valence-electron chi connectivity index (χ4n) is 3.30. The van der Waals surface area contributed by atoms with E-state index in [1.165, 1.54) is 26.4 Å². The van der Waals surface area contributed by atoms with E-state index in [9.17, 15) is 18.0 Å². The number of ether oxygens (including phenoxy) is 2. The normalized spacial score (nSPS) is 11.6. The van der Waals surface area contributed by atoms with Gasteiger partial charge in [-0.15, -0.1) is 0 Å². The summed E-state index contributed by atoms with van der Waals surface area (Å²) in [5, 5.41) is 5.61. The molecule has 1 N–H and O–H groups in total.